The van der Waals surface area contributed by atoms with Crippen LogP contribution in [0.2, 0.25) is 0 Å². The molecule has 9 heteroatoms. The average Bonchev–Trinajstić information content (AvgIpc) is 3.33. The van der Waals surface area contributed by atoms with Crippen LogP contribution in [0.25, 0.3) is 0 Å². The number of rotatable bonds is 59. The summed E-state index contributed by atoms with van der Waals surface area (Å²) < 4.78 is 23.4. The molecule has 71 heavy (non-hydrogen) atoms. The van der Waals surface area contributed by atoms with Crippen molar-refractivity contribution in [3.8, 4) is 0 Å². The molecule has 0 aliphatic rings. The van der Waals surface area contributed by atoms with Crippen molar-refractivity contribution in [2.75, 3.05) is 40.9 Å². The minimum absolute atomic E-state index is 0.0156. The third-order valence-electron chi connectivity index (χ3n) is 14.8. The Labute approximate surface area is 443 Å². The molecule has 0 radical (unpaired) electrons. The zero-order valence-electron chi connectivity index (χ0n) is 48.5. The van der Waals surface area contributed by atoms with Crippen molar-refractivity contribution in [1.29, 1.82) is 0 Å². The summed E-state index contributed by atoms with van der Waals surface area (Å²) in [5.41, 5.74) is 0. The van der Waals surface area contributed by atoms with Crippen LogP contribution >= 0.6 is 7.82 Å². The Bertz CT molecular complexity index is 1160. The van der Waals surface area contributed by atoms with Crippen LogP contribution in [0.4, 0.5) is 0 Å². The van der Waals surface area contributed by atoms with Crippen molar-refractivity contribution in [3.05, 3.63) is 12.2 Å². The lowest BCUT2D eigenvalue weighted by atomic mass is 10.0. The number of likely N-dealkylation sites (N-methyl/N-ethyl adjacent to an activating group) is 1. The fourth-order valence-electron chi connectivity index (χ4n) is 9.80. The largest absolute Gasteiger partial charge is 0.756 e. The highest BCUT2D eigenvalue weighted by molar-refractivity contribution is 7.45. The van der Waals surface area contributed by atoms with Gasteiger partial charge in [0.1, 0.15) is 13.2 Å². The molecule has 0 saturated carbocycles. The van der Waals surface area contributed by atoms with Gasteiger partial charge in [0.05, 0.1) is 39.9 Å². The molecule has 0 aromatic heterocycles. The number of nitrogens with zero attached hydrogens (tertiary/aromatic N) is 1. The first kappa shape index (κ1) is 70.2. The van der Waals surface area contributed by atoms with E-state index in [0.29, 0.717) is 23.9 Å². The highest BCUT2D eigenvalue weighted by Gasteiger charge is 2.24. The molecule has 0 aliphatic carbocycles. The van der Waals surface area contributed by atoms with Crippen LogP contribution in [0.1, 0.15) is 328 Å². The van der Waals surface area contributed by atoms with Gasteiger partial charge in [-0.3, -0.25) is 9.36 Å². The van der Waals surface area contributed by atoms with Gasteiger partial charge in [0.25, 0.3) is 7.82 Å². The summed E-state index contributed by atoms with van der Waals surface area (Å²) in [5, 5.41) is 14.0. The van der Waals surface area contributed by atoms with Crippen LogP contribution in [0.3, 0.4) is 0 Å². The quantitative estimate of drug-likeness (QED) is 0.0272. The first-order chi connectivity index (χ1) is 34.5. The van der Waals surface area contributed by atoms with E-state index in [1.165, 1.54) is 263 Å². The predicted molar refractivity (Wildman–Crippen MR) is 307 cm³/mol. The zero-order valence-corrected chi connectivity index (χ0v) is 49.4. The van der Waals surface area contributed by atoms with E-state index in [1.54, 1.807) is 0 Å². The van der Waals surface area contributed by atoms with E-state index in [0.717, 1.165) is 38.5 Å². The Morgan fingerprint density at radius 1 is 0.479 bits per heavy atom. The zero-order chi connectivity index (χ0) is 52.0. The molecule has 2 N–H and O–H groups in total. The summed E-state index contributed by atoms with van der Waals surface area (Å²) in [6, 6.07) is -0.795. The van der Waals surface area contributed by atoms with Gasteiger partial charge in [0, 0.05) is 6.42 Å². The van der Waals surface area contributed by atoms with E-state index in [2.05, 4.69) is 31.3 Å². The second-order valence-corrected chi connectivity index (χ2v) is 24.5. The monoisotopic (exact) mass is 1020 g/mol. The van der Waals surface area contributed by atoms with Gasteiger partial charge < -0.3 is 28.8 Å². The molecule has 8 nitrogen and oxygen atoms in total. The minimum atomic E-state index is -4.56. The summed E-state index contributed by atoms with van der Waals surface area (Å²) in [5.74, 6) is -0.158. The van der Waals surface area contributed by atoms with Gasteiger partial charge in [0.15, 0.2) is 0 Å². The minimum Gasteiger partial charge on any atom is -0.756 e. The molecule has 0 aliphatic heterocycles. The van der Waals surface area contributed by atoms with E-state index >= 15 is 0 Å². The number of hydrogen-bond donors (Lipinski definition) is 2. The number of allylic oxidation sites excluding steroid dienone is 2. The molecular formula is C62H125N2O6P. The second-order valence-electron chi connectivity index (χ2n) is 23.1. The van der Waals surface area contributed by atoms with Crippen LogP contribution in [-0.2, 0) is 18.4 Å². The van der Waals surface area contributed by atoms with E-state index in [1.807, 2.05) is 21.1 Å². The summed E-state index contributed by atoms with van der Waals surface area (Å²) in [4.78, 5) is 25.5. The van der Waals surface area contributed by atoms with Gasteiger partial charge in [0.2, 0.25) is 5.91 Å². The first-order valence-corrected chi connectivity index (χ1v) is 33.0. The Balaban J connectivity index is 3.83. The van der Waals surface area contributed by atoms with Crippen LogP contribution in [0.15, 0.2) is 12.2 Å². The predicted octanol–water partition coefficient (Wildman–Crippen LogP) is 18.8. The molecule has 0 spiro atoms. The number of phosphoric ester groups is 1. The number of hydrogen-bond acceptors (Lipinski definition) is 6. The van der Waals surface area contributed by atoms with Gasteiger partial charge in [-0.15, -0.1) is 0 Å². The van der Waals surface area contributed by atoms with E-state index in [4.69, 9.17) is 9.05 Å². The van der Waals surface area contributed by atoms with Gasteiger partial charge in [-0.2, -0.15) is 0 Å². The van der Waals surface area contributed by atoms with E-state index in [9.17, 15) is 19.4 Å². The van der Waals surface area contributed by atoms with Crippen LogP contribution in [0.5, 0.6) is 0 Å². The molecule has 0 heterocycles. The maximum Gasteiger partial charge on any atom is 0.268 e. The lowest BCUT2D eigenvalue weighted by Gasteiger charge is -2.30. The lowest BCUT2D eigenvalue weighted by Crippen LogP contribution is -2.46. The Morgan fingerprint density at radius 3 is 1.10 bits per heavy atom. The number of nitrogens with one attached hydrogen (secondary N) is 1. The van der Waals surface area contributed by atoms with E-state index < -0.39 is 20.0 Å². The Hall–Kier alpha value is -0.760. The van der Waals surface area contributed by atoms with Gasteiger partial charge in [-0.25, -0.2) is 0 Å². The molecule has 0 aromatic rings. The van der Waals surface area contributed by atoms with Gasteiger partial charge in [-0.1, -0.05) is 296 Å². The average molecular weight is 1030 g/mol. The number of phosphoric acid groups is 1. The number of unbranched alkanes of at least 4 members (excludes halogenated alkanes) is 44. The smallest absolute Gasteiger partial charge is 0.268 e. The maximum atomic E-state index is 13.0. The molecule has 0 rings (SSSR count). The van der Waals surface area contributed by atoms with Crippen molar-refractivity contribution in [2.45, 2.75) is 341 Å². The SMILES string of the molecule is CCCCCCCCCC/C=C\CCCCCCCCCCCCCCCCCCCCCCCCCCCC(=O)NC(COP(=O)([O-])OCC[N+](C)(C)C)C(O)CCCCCCCCCCCCCC. The molecule has 3 atom stereocenters. The number of carbonyl (C=O) groups is 1. The molecular weight excluding hydrogens is 900 g/mol. The topological polar surface area (TPSA) is 108 Å². The third-order valence-corrected chi connectivity index (χ3v) is 15.7. The van der Waals surface area contributed by atoms with Crippen LogP contribution in [0, 0.1) is 0 Å². The van der Waals surface area contributed by atoms with Gasteiger partial charge >= 0.3 is 0 Å². The molecule has 3 unspecified atom stereocenters. The molecule has 0 bridgehead atoms. The van der Waals surface area contributed by atoms with Gasteiger partial charge in [-0.05, 0) is 38.5 Å². The highest BCUT2D eigenvalue weighted by atomic mass is 31.2. The molecule has 0 saturated heterocycles. The highest BCUT2D eigenvalue weighted by Crippen LogP contribution is 2.38. The molecule has 424 valence electrons. The first-order valence-electron chi connectivity index (χ1n) is 31.5. The Kier molecular flexibility index (Phi) is 53.5. The number of aliphatic hydroxyl groups is 1. The van der Waals surface area contributed by atoms with Crippen LogP contribution < -0.4 is 10.2 Å². The lowest BCUT2D eigenvalue weighted by molar-refractivity contribution is -0.870. The number of quaternary nitrogens is 1. The molecule has 0 fully saturated rings. The second kappa shape index (κ2) is 54.0. The fraction of sp³-hybridized carbons (Fsp3) is 0.952. The van der Waals surface area contributed by atoms with Crippen LogP contribution in [-0.4, -0.2) is 68.5 Å². The number of amides is 1. The summed E-state index contributed by atoms with van der Waals surface area (Å²) in [6.45, 7) is 4.75. The molecule has 1 amide bonds. The van der Waals surface area contributed by atoms with Crippen molar-refractivity contribution in [2.24, 2.45) is 0 Å². The van der Waals surface area contributed by atoms with E-state index in [-0.39, 0.29) is 19.1 Å². The fourth-order valence-corrected chi connectivity index (χ4v) is 10.5. The van der Waals surface area contributed by atoms with Crippen molar-refractivity contribution in [1.82, 2.24) is 5.32 Å². The summed E-state index contributed by atoms with van der Waals surface area (Å²) >= 11 is 0. The standard InChI is InChI=1S/C62H125N2O6P/c1-6-8-10-12-14-16-18-20-21-22-23-24-25-26-27-28-29-30-31-32-33-34-35-36-37-38-39-40-41-42-43-44-46-48-50-52-54-56-62(66)63-60(59-70-71(67,68)69-58-57-64(3,4)5)61(65)55-53-51-49-47-45-19-17-15-13-11-9-7-2/h22-23,60-61,65H,6-21,24-59H2,1-5H3,(H-,63,66,67,68)/b23-22-. The maximum absolute atomic E-state index is 13.0. The van der Waals surface area contributed by atoms with Crippen molar-refractivity contribution in [3.63, 3.8) is 0 Å². The number of aliphatic hydroxyl groups excluding tert-OH is 1. The summed E-state index contributed by atoms with van der Waals surface area (Å²) in [7, 11) is 1.32. The van der Waals surface area contributed by atoms with Crippen molar-refractivity contribution >= 4 is 13.7 Å². The number of carbonyl (C=O) groups excluding carboxylic acids is 1. The Morgan fingerprint density at radius 2 is 0.775 bits per heavy atom. The molecule has 0 aromatic carbocycles. The summed E-state index contributed by atoms with van der Waals surface area (Å²) in [6.07, 6.45) is 67.2. The third kappa shape index (κ3) is 56.8. The normalized spacial score (nSPS) is 13.8. The van der Waals surface area contributed by atoms with Crippen molar-refractivity contribution < 1.29 is 32.9 Å².